The zero-order chi connectivity index (χ0) is 30.1. The molecular formula is C31H32F3N3O4. The van der Waals surface area contributed by atoms with Gasteiger partial charge in [0.05, 0.1) is 22.6 Å². The second-order valence-electron chi connectivity index (χ2n) is 10.5. The SMILES string of the molecule is CNc1ccc(-c2cc(=O)c3cc(C(F)(F)F)cc(C(C)Nc4ccccc4C(=O)OC(C)(C)C)c3o2)cc1C=N.[HH]. The van der Waals surface area contributed by atoms with E-state index < -0.39 is 34.8 Å². The number of esters is 1. The van der Waals surface area contributed by atoms with Crippen molar-refractivity contribution >= 4 is 34.5 Å². The molecule has 0 aliphatic rings. The topological polar surface area (TPSA) is 104 Å². The molecule has 1 aromatic heterocycles. The van der Waals surface area contributed by atoms with Crippen LogP contribution < -0.4 is 16.1 Å². The van der Waals surface area contributed by atoms with E-state index in [4.69, 9.17) is 14.6 Å². The predicted molar refractivity (Wildman–Crippen MR) is 156 cm³/mol. The molecule has 7 nitrogen and oxygen atoms in total. The normalized spacial score (nSPS) is 12.6. The lowest BCUT2D eigenvalue weighted by molar-refractivity contribution is -0.137. The number of fused-ring (bicyclic) bond motifs is 1. The molecule has 0 spiro atoms. The van der Waals surface area contributed by atoms with E-state index in [9.17, 15) is 22.8 Å². The van der Waals surface area contributed by atoms with Crippen molar-refractivity contribution in [3.8, 4) is 11.3 Å². The van der Waals surface area contributed by atoms with Crippen LogP contribution in [0.1, 0.15) is 62.2 Å². The van der Waals surface area contributed by atoms with E-state index in [-0.39, 0.29) is 29.3 Å². The molecule has 216 valence electrons. The zero-order valence-corrected chi connectivity index (χ0v) is 23.2. The second-order valence-corrected chi connectivity index (χ2v) is 10.5. The van der Waals surface area contributed by atoms with Gasteiger partial charge >= 0.3 is 12.1 Å². The van der Waals surface area contributed by atoms with Crippen molar-refractivity contribution in [2.24, 2.45) is 0 Å². The molecule has 0 saturated carbocycles. The van der Waals surface area contributed by atoms with Gasteiger partial charge in [0.2, 0.25) is 0 Å². The Kier molecular flexibility index (Phi) is 7.96. The Morgan fingerprint density at radius 2 is 1.76 bits per heavy atom. The quantitative estimate of drug-likeness (QED) is 0.155. The first-order chi connectivity index (χ1) is 19.2. The number of carbonyl (C=O) groups excluding carboxylic acids is 1. The van der Waals surface area contributed by atoms with Gasteiger partial charge in [-0.25, -0.2) is 4.79 Å². The molecule has 1 unspecified atom stereocenters. The fraction of sp³-hybridized carbons (Fsp3) is 0.258. The van der Waals surface area contributed by atoms with Crippen molar-refractivity contribution in [2.75, 3.05) is 17.7 Å². The van der Waals surface area contributed by atoms with Gasteiger partial charge in [0.25, 0.3) is 0 Å². The van der Waals surface area contributed by atoms with Crippen LogP contribution in [0.15, 0.2) is 69.9 Å². The Morgan fingerprint density at radius 3 is 2.39 bits per heavy atom. The van der Waals surface area contributed by atoms with E-state index in [0.29, 0.717) is 22.5 Å². The maximum Gasteiger partial charge on any atom is 0.416 e. The van der Waals surface area contributed by atoms with Gasteiger partial charge in [-0.05, 0) is 70.2 Å². The first kappa shape index (κ1) is 29.4. The number of para-hydroxylation sites is 1. The number of rotatable bonds is 7. The number of alkyl halides is 3. The summed E-state index contributed by atoms with van der Waals surface area (Å²) in [7, 11) is 1.71. The monoisotopic (exact) mass is 567 g/mol. The molecule has 0 saturated heterocycles. The van der Waals surface area contributed by atoms with Crippen molar-refractivity contribution < 1.29 is 28.5 Å². The van der Waals surface area contributed by atoms with E-state index in [2.05, 4.69) is 10.6 Å². The summed E-state index contributed by atoms with van der Waals surface area (Å²) in [5, 5.41) is 13.5. The van der Waals surface area contributed by atoms with Crippen LogP contribution in [0.2, 0.25) is 0 Å². The molecule has 3 N–H and O–H groups in total. The fourth-order valence-corrected chi connectivity index (χ4v) is 4.41. The molecule has 0 fully saturated rings. The number of ether oxygens (including phenoxy) is 1. The summed E-state index contributed by atoms with van der Waals surface area (Å²) in [5.74, 6) is -0.460. The molecule has 1 heterocycles. The smallest absolute Gasteiger partial charge is 0.416 e. The van der Waals surface area contributed by atoms with Gasteiger partial charge in [0, 0.05) is 48.8 Å². The lowest BCUT2D eigenvalue weighted by Crippen LogP contribution is -2.24. The lowest BCUT2D eigenvalue weighted by Gasteiger charge is -2.23. The van der Waals surface area contributed by atoms with E-state index >= 15 is 0 Å². The van der Waals surface area contributed by atoms with E-state index in [1.165, 1.54) is 0 Å². The number of anilines is 2. The van der Waals surface area contributed by atoms with Crippen molar-refractivity contribution in [3.63, 3.8) is 0 Å². The number of hydrogen-bond acceptors (Lipinski definition) is 7. The average molecular weight is 568 g/mol. The maximum absolute atomic E-state index is 13.9. The summed E-state index contributed by atoms with van der Waals surface area (Å²) in [4.78, 5) is 26.0. The van der Waals surface area contributed by atoms with Crippen molar-refractivity contribution in [1.29, 1.82) is 5.41 Å². The van der Waals surface area contributed by atoms with E-state index in [1.54, 1.807) is 77.2 Å². The molecule has 0 amide bonds. The first-order valence-electron chi connectivity index (χ1n) is 12.8. The zero-order valence-electron chi connectivity index (χ0n) is 23.2. The van der Waals surface area contributed by atoms with Gasteiger partial charge in [0.15, 0.2) is 5.43 Å². The molecule has 1 atom stereocenters. The van der Waals surface area contributed by atoms with Crippen molar-refractivity contribution in [2.45, 2.75) is 45.5 Å². The van der Waals surface area contributed by atoms with Crippen LogP contribution in [-0.2, 0) is 10.9 Å². The van der Waals surface area contributed by atoms with Gasteiger partial charge in [-0.2, -0.15) is 13.2 Å². The molecule has 0 aliphatic heterocycles. The van der Waals surface area contributed by atoms with Crippen LogP contribution in [0.4, 0.5) is 24.5 Å². The third-order valence-corrected chi connectivity index (χ3v) is 6.33. The highest BCUT2D eigenvalue weighted by Gasteiger charge is 2.33. The third-order valence-electron chi connectivity index (χ3n) is 6.33. The molecule has 4 rings (SSSR count). The van der Waals surface area contributed by atoms with E-state index in [1.807, 2.05) is 0 Å². The number of carbonyl (C=O) groups is 1. The van der Waals surface area contributed by atoms with Crippen LogP contribution in [0.5, 0.6) is 0 Å². The minimum atomic E-state index is -4.72. The van der Waals surface area contributed by atoms with Crippen LogP contribution >= 0.6 is 0 Å². The summed E-state index contributed by atoms with van der Waals surface area (Å²) < 4.78 is 53.3. The minimum Gasteiger partial charge on any atom is -0.456 e. The van der Waals surface area contributed by atoms with Gasteiger partial charge in [0.1, 0.15) is 16.9 Å². The number of nitrogens with one attached hydrogen (secondary N) is 3. The minimum absolute atomic E-state index is 0. The third kappa shape index (κ3) is 6.42. The lowest BCUT2D eigenvalue weighted by atomic mass is 9.99. The predicted octanol–water partition coefficient (Wildman–Crippen LogP) is 7.89. The standard InChI is InChI=1S/C31H30F3N3O4.H2/c1-17(37-25-9-7-6-8-21(25)29(39)41-30(2,3)4)22-13-20(31(32,33)34)14-23-26(38)15-27(40-28(22)23)18-10-11-24(36-5)19(12-18)16-35;/h6-17,35-37H,1-5H3;1H. The molecular weight excluding hydrogens is 535 g/mol. The van der Waals surface area contributed by atoms with Crippen LogP contribution in [0.25, 0.3) is 22.3 Å². The summed E-state index contributed by atoms with van der Waals surface area (Å²) in [6.45, 7) is 6.81. The van der Waals surface area contributed by atoms with Gasteiger partial charge in [-0.1, -0.05) is 12.1 Å². The molecule has 0 aliphatic carbocycles. The molecule has 0 radical (unpaired) electrons. The summed E-state index contributed by atoms with van der Waals surface area (Å²) in [6, 6.07) is 13.6. The first-order valence-corrected chi connectivity index (χ1v) is 12.8. The second kappa shape index (κ2) is 11.1. The van der Waals surface area contributed by atoms with Crippen molar-refractivity contribution in [1.82, 2.24) is 0 Å². The molecule has 10 heteroatoms. The Balaban J connectivity index is 0.00000484. The average Bonchev–Trinajstić information content (AvgIpc) is 2.90. The van der Waals surface area contributed by atoms with Gasteiger partial charge in [-0.3, -0.25) is 4.79 Å². The van der Waals surface area contributed by atoms with Gasteiger partial charge in [-0.15, -0.1) is 0 Å². The van der Waals surface area contributed by atoms with E-state index in [0.717, 1.165) is 24.4 Å². The van der Waals surface area contributed by atoms with Crippen LogP contribution in [0.3, 0.4) is 0 Å². The van der Waals surface area contributed by atoms with Crippen LogP contribution in [-0.4, -0.2) is 24.8 Å². The van der Waals surface area contributed by atoms with Crippen molar-refractivity contribution in [3.05, 3.63) is 93.1 Å². The summed E-state index contributed by atoms with van der Waals surface area (Å²) in [5.41, 5.74) is -0.108. The number of hydrogen-bond donors (Lipinski definition) is 3. The Labute approximate surface area is 236 Å². The highest BCUT2D eigenvalue weighted by molar-refractivity contribution is 5.96. The maximum atomic E-state index is 13.9. The molecule has 3 aromatic carbocycles. The fourth-order valence-electron chi connectivity index (χ4n) is 4.41. The highest BCUT2D eigenvalue weighted by Crippen LogP contribution is 2.37. The molecule has 4 aromatic rings. The number of halogens is 3. The summed E-state index contributed by atoms with van der Waals surface area (Å²) >= 11 is 0. The number of benzene rings is 3. The highest BCUT2D eigenvalue weighted by atomic mass is 19.4. The summed E-state index contributed by atoms with van der Waals surface area (Å²) in [6.07, 6.45) is -3.58. The molecule has 41 heavy (non-hydrogen) atoms. The Morgan fingerprint density at radius 1 is 1.05 bits per heavy atom. The Hall–Kier alpha value is -4.60. The Bertz CT molecular complexity index is 1690. The largest absolute Gasteiger partial charge is 0.456 e. The van der Waals surface area contributed by atoms with Crippen LogP contribution in [0, 0.1) is 5.41 Å². The van der Waals surface area contributed by atoms with Gasteiger partial charge < -0.3 is 25.2 Å². The molecule has 0 bridgehead atoms.